The molecule has 5 rings (SSSR count). The minimum Gasteiger partial charge on any atom is -0.321 e. The van der Waals surface area contributed by atoms with Crippen LogP contribution in [0.1, 0.15) is 10.4 Å². The van der Waals surface area contributed by atoms with Crippen molar-refractivity contribution in [3.05, 3.63) is 167 Å². The number of hydrogen-bond acceptors (Lipinski definition) is 6. The van der Waals surface area contributed by atoms with Gasteiger partial charge in [0.1, 0.15) is 15.9 Å². The Kier molecular flexibility index (Phi) is 12.1. The molecule has 0 aromatic heterocycles. The maximum atomic E-state index is 14.1. The first kappa shape index (κ1) is 34.8. The number of carbonyl (C=O) groups is 2. The molecular formula is C34H26Cl3N2O6P. The molecule has 8 nitrogen and oxygen atoms in total. The van der Waals surface area contributed by atoms with Gasteiger partial charge >= 0.3 is 0 Å². The molecule has 0 heterocycles. The number of anilines is 1. The van der Waals surface area contributed by atoms with Gasteiger partial charge in [0.05, 0.1) is 0 Å². The first-order valence-electron chi connectivity index (χ1n) is 13.5. The number of amides is 2. The lowest BCUT2D eigenvalue weighted by Crippen LogP contribution is -2.68. The molecule has 0 saturated carbocycles. The van der Waals surface area contributed by atoms with Crippen LogP contribution in [0, 0.1) is 10.2 Å². The van der Waals surface area contributed by atoms with Crippen molar-refractivity contribution >= 4 is 63.9 Å². The van der Waals surface area contributed by atoms with Crippen molar-refractivity contribution < 1.29 is 38.5 Å². The molecule has 0 unspecified atom stereocenters. The molecule has 46 heavy (non-hydrogen) atoms. The summed E-state index contributed by atoms with van der Waals surface area (Å²) in [6.45, 7) is 0. The summed E-state index contributed by atoms with van der Waals surface area (Å²) in [7, 11) is -7.81. The Morgan fingerprint density at radius 3 is 1.35 bits per heavy atom. The van der Waals surface area contributed by atoms with Gasteiger partial charge in [0.25, 0.3) is 11.8 Å². The molecule has 0 aliphatic carbocycles. The Morgan fingerprint density at radius 2 is 0.957 bits per heavy atom. The smallest absolute Gasteiger partial charge is 0.277 e. The molecule has 0 bridgehead atoms. The summed E-state index contributed by atoms with van der Waals surface area (Å²) >= 11 is 13.6. The zero-order valence-electron chi connectivity index (χ0n) is 23.9. The highest BCUT2D eigenvalue weighted by Gasteiger charge is 2.52. The highest BCUT2D eigenvalue weighted by Crippen LogP contribution is 2.64. The lowest BCUT2D eigenvalue weighted by Gasteiger charge is -2.28. The average Bonchev–Trinajstić information content (AvgIpc) is 3.06. The van der Waals surface area contributed by atoms with Gasteiger partial charge in [0, 0.05) is 16.3 Å². The predicted molar refractivity (Wildman–Crippen MR) is 172 cm³/mol. The second kappa shape index (κ2) is 16.0. The van der Waals surface area contributed by atoms with Crippen LogP contribution < -0.4 is 45.2 Å². The third-order valence-corrected chi connectivity index (χ3v) is 11.8. The molecular weight excluding hydrogens is 670 g/mol. The van der Waals surface area contributed by atoms with Crippen molar-refractivity contribution in [2.45, 2.75) is 0 Å². The molecule has 0 spiro atoms. The van der Waals surface area contributed by atoms with Crippen LogP contribution in [0.5, 0.6) is 0 Å². The van der Waals surface area contributed by atoms with E-state index >= 15 is 0 Å². The lowest BCUT2D eigenvalue weighted by molar-refractivity contribution is -2.00. The van der Waals surface area contributed by atoms with Crippen LogP contribution in [0.4, 0.5) is 5.69 Å². The van der Waals surface area contributed by atoms with Crippen LogP contribution in [0.2, 0.25) is 5.02 Å². The van der Waals surface area contributed by atoms with E-state index in [9.17, 15) is 9.59 Å². The van der Waals surface area contributed by atoms with E-state index < -0.39 is 29.3 Å². The van der Waals surface area contributed by atoms with Gasteiger partial charge < -0.3 is 10.6 Å². The number of halogens is 3. The predicted octanol–water partition coefficient (Wildman–Crippen LogP) is 2.35. The fourth-order valence-corrected chi connectivity index (χ4v) is 9.68. The maximum absolute atomic E-state index is 14.1. The third kappa shape index (κ3) is 9.01. The van der Waals surface area contributed by atoms with Gasteiger partial charge in [-0.3, -0.25) is 9.59 Å². The van der Waals surface area contributed by atoms with Crippen LogP contribution in [0.3, 0.4) is 0 Å². The van der Waals surface area contributed by atoms with E-state index in [-0.39, 0.29) is 10.5 Å². The number of rotatable bonds is 8. The topological polar surface area (TPSA) is 150 Å². The zero-order valence-corrected chi connectivity index (χ0v) is 27.0. The minimum atomic E-state index is -4.94. The number of carbonyl (C=O) groups excluding carboxylic acids is 2. The van der Waals surface area contributed by atoms with Crippen molar-refractivity contribution in [1.82, 2.24) is 5.32 Å². The molecule has 0 radical (unpaired) electrons. The summed E-state index contributed by atoms with van der Waals surface area (Å²) in [4.78, 5) is 27.6. The van der Waals surface area contributed by atoms with E-state index in [4.69, 9.17) is 41.8 Å². The first-order valence-corrected chi connectivity index (χ1v) is 17.3. The van der Waals surface area contributed by atoms with Crippen LogP contribution in [0.15, 0.2) is 156 Å². The summed E-state index contributed by atoms with van der Waals surface area (Å²) in [5, 5.41) is 9.13. The highest BCUT2D eigenvalue weighted by molar-refractivity contribution is 8.00. The fourth-order valence-electron chi connectivity index (χ4n) is 4.61. The molecule has 0 aliphatic rings. The monoisotopic (exact) mass is 694 g/mol. The van der Waals surface area contributed by atoms with Crippen molar-refractivity contribution in [3.8, 4) is 0 Å². The fraction of sp³-hybridized carbons (Fsp3) is 0. The van der Waals surface area contributed by atoms with Gasteiger partial charge in [-0.05, 0) is 84.4 Å². The Bertz CT molecular complexity index is 1670. The molecule has 2 N–H and O–H groups in total. The molecule has 12 heteroatoms. The zero-order chi connectivity index (χ0) is 33.2. The number of nitrogens with one attached hydrogen (secondary N) is 2. The van der Waals surface area contributed by atoms with Crippen molar-refractivity contribution in [2.24, 2.45) is 0 Å². The summed E-state index contributed by atoms with van der Waals surface area (Å²) in [6, 6.07) is 45.1. The maximum Gasteiger partial charge on any atom is 0.277 e. The summed E-state index contributed by atoms with van der Waals surface area (Å²) < 4.78 is 34.2. The molecule has 2 amide bonds. The van der Waals surface area contributed by atoms with Crippen molar-refractivity contribution in [3.63, 3.8) is 0 Å². The second-order valence-corrected chi connectivity index (χ2v) is 14.7. The number of benzene rings is 5. The van der Waals surface area contributed by atoms with Crippen LogP contribution in [0.25, 0.3) is 0 Å². The van der Waals surface area contributed by atoms with E-state index in [1.54, 1.807) is 48.5 Å². The van der Waals surface area contributed by atoms with Crippen LogP contribution in [-0.2, 0) is 4.79 Å². The Morgan fingerprint density at radius 1 is 0.587 bits per heavy atom. The molecule has 0 aliphatic heterocycles. The van der Waals surface area contributed by atoms with Crippen molar-refractivity contribution in [1.29, 1.82) is 0 Å². The second-order valence-electron chi connectivity index (χ2n) is 9.50. The molecule has 5 aromatic carbocycles. The Labute approximate surface area is 278 Å². The SMILES string of the molecule is O=C(Nc1ccc(Cl)cc1)/C(NC(=O)c1ccccc1)=C(\Cl)[P+](c1ccccc1)(c1ccccc1)c1ccccc1.[O-][Cl+3]([O-])([O-])[O-]. The Hall–Kier alpha value is -4.08. The molecule has 0 fully saturated rings. The van der Waals surface area contributed by atoms with E-state index in [1.807, 2.05) is 97.1 Å². The van der Waals surface area contributed by atoms with E-state index in [0.29, 0.717) is 16.3 Å². The van der Waals surface area contributed by atoms with E-state index in [0.717, 1.165) is 15.9 Å². The minimum absolute atomic E-state index is 0.0274. The molecule has 0 atom stereocenters. The van der Waals surface area contributed by atoms with Gasteiger partial charge in [-0.15, -0.1) is 10.2 Å². The van der Waals surface area contributed by atoms with Crippen LogP contribution >= 0.6 is 30.5 Å². The van der Waals surface area contributed by atoms with Crippen molar-refractivity contribution in [2.75, 3.05) is 5.32 Å². The van der Waals surface area contributed by atoms with Gasteiger partial charge in [-0.1, -0.05) is 84.4 Å². The summed E-state index contributed by atoms with van der Waals surface area (Å²) in [5.41, 5.74) is 0.885. The molecule has 0 saturated heterocycles. The molecule has 234 valence electrons. The molecule has 5 aromatic rings. The quantitative estimate of drug-likeness (QED) is 0.188. The van der Waals surface area contributed by atoms with Gasteiger partial charge in [-0.2, -0.15) is 0 Å². The van der Waals surface area contributed by atoms with E-state index in [1.165, 1.54) is 0 Å². The largest absolute Gasteiger partial charge is 0.321 e. The third-order valence-electron chi connectivity index (χ3n) is 6.53. The van der Waals surface area contributed by atoms with E-state index in [2.05, 4.69) is 10.6 Å². The first-order chi connectivity index (χ1) is 22.0. The highest BCUT2D eigenvalue weighted by atomic mass is 35.7. The Balaban J connectivity index is 0.000000892. The summed E-state index contributed by atoms with van der Waals surface area (Å²) in [5.74, 6) is -0.994. The summed E-state index contributed by atoms with van der Waals surface area (Å²) in [6.07, 6.45) is 0. The normalized spacial score (nSPS) is 11.8. The van der Waals surface area contributed by atoms with Crippen LogP contribution in [-0.4, -0.2) is 11.8 Å². The van der Waals surface area contributed by atoms with Gasteiger partial charge in [0.2, 0.25) is 4.77 Å². The van der Waals surface area contributed by atoms with Gasteiger partial charge in [0.15, 0.2) is 13.0 Å². The number of hydrogen-bond donors (Lipinski definition) is 2. The standard InChI is InChI=1S/C34H25Cl2N2O2P.ClHO4/c35-26-21-23-27(24-22-26)37-34(40)31(38-33(39)25-13-5-1-6-14-25)32(36)41(28-15-7-2-8-16-28,29-17-9-3-10-18-29)30-19-11-4-12-20-30;2-1(3,4)5/h1-24H,(H-,37,38,39,40);(H,2,3,4,5)/b32-31-;. The average molecular weight is 696 g/mol. The van der Waals surface area contributed by atoms with Gasteiger partial charge in [-0.25, -0.2) is 18.6 Å². The lowest BCUT2D eigenvalue weighted by atomic mass is 10.2.